The highest BCUT2D eigenvalue weighted by Gasteiger charge is 2.04. The van der Waals surface area contributed by atoms with E-state index < -0.39 is 0 Å². The lowest BCUT2D eigenvalue weighted by Gasteiger charge is -2.01. The average molecular weight is 195 g/mol. The summed E-state index contributed by atoms with van der Waals surface area (Å²) in [5.41, 5.74) is 2.66. The van der Waals surface area contributed by atoms with Gasteiger partial charge in [0.05, 0.1) is 0 Å². The van der Waals surface area contributed by atoms with Gasteiger partial charge in [-0.25, -0.2) is 0 Å². The highest BCUT2D eigenvalue weighted by atomic mass is 33.1. The van der Waals surface area contributed by atoms with Crippen LogP contribution in [0.3, 0.4) is 0 Å². The third kappa shape index (κ3) is 1.99. The SMILES string of the molecule is C1=C(Cc2ccccc2)NSS1. The molecule has 1 aromatic rings. The summed E-state index contributed by atoms with van der Waals surface area (Å²) in [6, 6.07) is 10.5. The van der Waals surface area contributed by atoms with Gasteiger partial charge in [0.25, 0.3) is 0 Å². The fourth-order valence-electron chi connectivity index (χ4n) is 1.08. The van der Waals surface area contributed by atoms with Crippen LogP contribution in [-0.4, -0.2) is 0 Å². The minimum atomic E-state index is 1.01. The Hall–Kier alpha value is -0.540. The summed E-state index contributed by atoms with van der Waals surface area (Å²) >= 11 is 0. The third-order valence-electron chi connectivity index (χ3n) is 1.65. The van der Waals surface area contributed by atoms with E-state index in [1.165, 1.54) is 11.3 Å². The van der Waals surface area contributed by atoms with Crippen LogP contribution < -0.4 is 4.72 Å². The zero-order valence-electron chi connectivity index (χ0n) is 6.49. The summed E-state index contributed by atoms with van der Waals surface area (Å²) < 4.78 is 3.25. The zero-order chi connectivity index (χ0) is 8.23. The second kappa shape index (κ2) is 3.92. The molecule has 1 N–H and O–H groups in total. The van der Waals surface area contributed by atoms with Crippen LogP contribution >= 0.6 is 21.8 Å². The first-order valence-corrected chi connectivity index (χ1v) is 5.98. The lowest BCUT2D eigenvalue weighted by molar-refractivity contribution is 1.07. The molecule has 1 nitrogen and oxygen atoms in total. The Morgan fingerprint density at radius 1 is 1.17 bits per heavy atom. The quantitative estimate of drug-likeness (QED) is 0.575. The molecule has 0 atom stereocenters. The lowest BCUT2D eigenvalue weighted by atomic mass is 10.1. The van der Waals surface area contributed by atoms with Gasteiger partial charge in [-0.3, -0.25) is 0 Å². The minimum absolute atomic E-state index is 1.01. The maximum Gasteiger partial charge on any atom is 0.0334 e. The zero-order valence-corrected chi connectivity index (χ0v) is 8.12. The van der Waals surface area contributed by atoms with Gasteiger partial charge in [0, 0.05) is 28.5 Å². The van der Waals surface area contributed by atoms with Gasteiger partial charge >= 0.3 is 0 Å². The minimum Gasteiger partial charge on any atom is -0.323 e. The summed E-state index contributed by atoms with van der Waals surface area (Å²) in [5.74, 6) is 0. The van der Waals surface area contributed by atoms with Crippen LogP contribution in [0, 0.1) is 0 Å². The largest absolute Gasteiger partial charge is 0.323 e. The summed E-state index contributed by atoms with van der Waals surface area (Å²) in [6.07, 6.45) is 1.01. The summed E-state index contributed by atoms with van der Waals surface area (Å²) in [7, 11) is 3.42. The van der Waals surface area contributed by atoms with Gasteiger partial charge in [-0.1, -0.05) is 30.3 Å². The van der Waals surface area contributed by atoms with Gasteiger partial charge in [0.2, 0.25) is 0 Å². The maximum absolute atomic E-state index is 3.25. The Kier molecular flexibility index (Phi) is 2.64. The molecule has 1 aliphatic heterocycles. The Balaban J connectivity index is 2.04. The average Bonchev–Trinajstić information content (AvgIpc) is 2.59. The van der Waals surface area contributed by atoms with Crippen molar-refractivity contribution in [1.82, 2.24) is 4.72 Å². The molecule has 0 saturated carbocycles. The second-order valence-corrected chi connectivity index (χ2v) is 4.46. The van der Waals surface area contributed by atoms with Gasteiger partial charge < -0.3 is 4.72 Å². The molecule has 0 fully saturated rings. The van der Waals surface area contributed by atoms with Crippen LogP contribution in [0.1, 0.15) is 5.56 Å². The van der Waals surface area contributed by atoms with Crippen molar-refractivity contribution in [1.29, 1.82) is 0 Å². The number of benzene rings is 1. The Bertz CT molecular complexity index is 282. The second-order valence-electron chi connectivity index (χ2n) is 2.59. The topological polar surface area (TPSA) is 12.0 Å². The van der Waals surface area contributed by atoms with Gasteiger partial charge in [-0.2, -0.15) is 0 Å². The number of allylic oxidation sites excluding steroid dienone is 1. The van der Waals surface area contributed by atoms with E-state index in [9.17, 15) is 0 Å². The van der Waals surface area contributed by atoms with Crippen molar-refractivity contribution in [2.24, 2.45) is 0 Å². The van der Waals surface area contributed by atoms with Crippen molar-refractivity contribution in [2.75, 3.05) is 0 Å². The van der Waals surface area contributed by atoms with Crippen molar-refractivity contribution < 1.29 is 0 Å². The standard InChI is InChI=1S/C9H9NS2/c1-2-4-8(5-3-1)6-9-7-11-12-10-9/h1-5,7,10H,6H2. The van der Waals surface area contributed by atoms with Gasteiger partial charge in [0.1, 0.15) is 0 Å². The predicted molar refractivity (Wildman–Crippen MR) is 56.5 cm³/mol. The van der Waals surface area contributed by atoms with Gasteiger partial charge in [0.15, 0.2) is 0 Å². The van der Waals surface area contributed by atoms with Crippen molar-refractivity contribution in [2.45, 2.75) is 6.42 Å². The van der Waals surface area contributed by atoms with E-state index in [-0.39, 0.29) is 0 Å². The van der Waals surface area contributed by atoms with E-state index in [2.05, 4.69) is 34.4 Å². The highest BCUT2D eigenvalue weighted by molar-refractivity contribution is 8.77. The Morgan fingerprint density at radius 2 is 2.00 bits per heavy atom. The fraction of sp³-hybridized carbons (Fsp3) is 0.111. The maximum atomic E-state index is 3.25. The predicted octanol–water partition coefficient (Wildman–Crippen LogP) is 2.97. The smallest absolute Gasteiger partial charge is 0.0334 e. The first-order chi connectivity index (χ1) is 5.95. The molecule has 0 unspecified atom stereocenters. The fourth-order valence-corrected chi connectivity index (χ4v) is 2.70. The van der Waals surface area contributed by atoms with Gasteiger partial charge in [-0.15, -0.1) is 0 Å². The molecule has 0 saturated heterocycles. The molecular weight excluding hydrogens is 186 g/mol. The third-order valence-corrected chi connectivity index (χ3v) is 3.30. The van der Waals surface area contributed by atoms with Crippen molar-refractivity contribution >= 4 is 21.8 Å². The molecule has 1 heterocycles. The van der Waals surface area contributed by atoms with Crippen LogP contribution in [0.2, 0.25) is 0 Å². The Labute approximate surface area is 80.2 Å². The van der Waals surface area contributed by atoms with E-state index in [0.717, 1.165) is 6.42 Å². The van der Waals surface area contributed by atoms with E-state index in [4.69, 9.17) is 0 Å². The molecule has 0 radical (unpaired) electrons. The normalized spacial score (nSPS) is 15.5. The van der Waals surface area contributed by atoms with Crippen molar-refractivity contribution in [3.63, 3.8) is 0 Å². The van der Waals surface area contributed by atoms with E-state index >= 15 is 0 Å². The molecule has 3 heteroatoms. The molecule has 2 rings (SSSR count). The highest BCUT2D eigenvalue weighted by Crippen LogP contribution is 2.29. The van der Waals surface area contributed by atoms with Crippen LogP contribution in [0.5, 0.6) is 0 Å². The Morgan fingerprint density at radius 3 is 2.67 bits per heavy atom. The molecule has 1 aliphatic rings. The molecule has 0 aliphatic carbocycles. The molecule has 0 amide bonds. The first-order valence-electron chi connectivity index (χ1n) is 3.76. The number of hydrogen-bond donors (Lipinski definition) is 1. The molecule has 1 aromatic carbocycles. The van der Waals surface area contributed by atoms with Crippen LogP contribution in [-0.2, 0) is 6.42 Å². The number of rotatable bonds is 2. The van der Waals surface area contributed by atoms with Gasteiger partial charge in [-0.05, 0) is 16.4 Å². The molecule has 0 aromatic heterocycles. The molecule has 62 valence electrons. The molecule has 12 heavy (non-hydrogen) atoms. The van der Waals surface area contributed by atoms with Crippen LogP contribution in [0.15, 0.2) is 41.4 Å². The van der Waals surface area contributed by atoms with Crippen molar-refractivity contribution in [3.05, 3.63) is 47.0 Å². The van der Waals surface area contributed by atoms with E-state index in [1.54, 1.807) is 21.8 Å². The molecule has 0 bridgehead atoms. The van der Waals surface area contributed by atoms with E-state index in [0.29, 0.717) is 0 Å². The monoisotopic (exact) mass is 195 g/mol. The summed E-state index contributed by atoms with van der Waals surface area (Å²) in [6.45, 7) is 0. The van der Waals surface area contributed by atoms with Crippen LogP contribution in [0.4, 0.5) is 0 Å². The molecule has 0 spiro atoms. The summed E-state index contributed by atoms with van der Waals surface area (Å²) in [5, 5.41) is 2.16. The lowest BCUT2D eigenvalue weighted by Crippen LogP contribution is -2.00. The van der Waals surface area contributed by atoms with E-state index in [1.807, 2.05) is 6.07 Å². The first kappa shape index (κ1) is 8.08. The number of nitrogens with one attached hydrogen (secondary N) is 1. The van der Waals surface area contributed by atoms with Crippen molar-refractivity contribution in [3.8, 4) is 0 Å². The summed E-state index contributed by atoms with van der Waals surface area (Å²) in [4.78, 5) is 0. The molecular formula is C9H9NS2. The van der Waals surface area contributed by atoms with Crippen LogP contribution in [0.25, 0.3) is 0 Å². The number of hydrogen-bond acceptors (Lipinski definition) is 3.